The molecule has 46 heavy (non-hydrogen) atoms. The van der Waals surface area contributed by atoms with Crippen LogP contribution >= 0.6 is 21.6 Å². The molecule has 2 aliphatic rings. The van der Waals surface area contributed by atoms with Crippen LogP contribution in [0.15, 0.2) is 41.3 Å². The molecule has 2 aliphatic heterocycles. The van der Waals surface area contributed by atoms with Gasteiger partial charge in [-0.05, 0) is 43.9 Å². The summed E-state index contributed by atoms with van der Waals surface area (Å²) in [6.45, 7) is 4.69. The normalized spacial score (nSPS) is 24.8. The summed E-state index contributed by atoms with van der Waals surface area (Å²) in [5.41, 5.74) is 0.827. The van der Waals surface area contributed by atoms with Crippen LogP contribution < -0.4 is 26.0 Å². The number of carbonyl (C=O) groups is 6. The second kappa shape index (κ2) is 17.4. The van der Waals surface area contributed by atoms with Crippen molar-refractivity contribution in [2.45, 2.75) is 75.6 Å². The standard InChI is InChI=1S/C29H39N5O9S3/c1-17(2)26-29(40)30-15-25(37)43-19-6-4-5-13-44-45-16-22(28(39)33-26)32-27(38)21(31-24(36)14-19)11-12-23(35)34-46(41,42)20-9-7-18(3)8-10-20/h4,6-10,17,19,21-22,26H,5,11-16H2,1-3H3,(H,30,40)(H,31,36)(H,32,38)(H,33,39)(H,34,35)/b6-4+/t19-,21-,22-,26-/m1/s1. The number of nitrogens with one attached hydrogen (secondary N) is 5. The molecular formula is C29H39N5O9S3. The van der Waals surface area contributed by atoms with E-state index < -0.39 is 82.7 Å². The Bertz CT molecular complexity index is 1430. The molecule has 252 valence electrons. The van der Waals surface area contributed by atoms with E-state index in [0.29, 0.717) is 12.2 Å². The number of esters is 1. The Labute approximate surface area is 275 Å². The van der Waals surface area contributed by atoms with Crippen LogP contribution in [0.25, 0.3) is 0 Å². The van der Waals surface area contributed by atoms with Crippen LogP contribution in [-0.2, 0) is 43.5 Å². The minimum absolute atomic E-state index is 0.110. The molecule has 1 saturated heterocycles. The van der Waals surface area contributed by atoms with Gasteiger partial charge in [0.25, 0.3) is 10.0 Å². The maximum Gasteiger partial charge on any atom is 0.326 e. The van der Waals surface area contributed by atoms with Gasteiger partial charge in [0.15, 0.2) is 0 Å². The largest absolute Gasteiger partial charge is 0.456 e. The molecule has 0 radical (unpaired) electrons. The Hall–Kier alpha value is -3.57. The second-order valence-electron chi connectivity index (χ2n) is 11.1. The molecule has 1 aromatic carbocycles. The van der Waals surface area contributed by atoms with Gasteiger partial charge in [-0.2, -0.15) is 0 Å². The third-order valence-electron chi connectivity index (χ3n) is 6.88. The second-order valence-corrected chi connectivity index (χ2v) is 15.4. The van der Waals surface area contributed by atoms with Crippen molar-refractivity contribution in [2.75, 3.05) is 18.1 Å². The van der Waals surface area contributed by atoms with Crippen molar-refractivity contribution >= 4 is 67.1 Å². The Morgan fingerprint density at radius 3 is 2.41 bits per heavy atom. The number of sulfonamides is 1. The zero-order valence-corrected chi connectivity index (χ0v) is 28.1. The molecule has 3 rings (SSSR count). The molecule has 2 bridgehead atoms. The van der Waals surface area contributed by atoms with Crippen molar-refractivity contribution < 1.29 is 41.9 Å². The van der Waals surface area contributed by atoms with E-state index in [9.17, 15) is 37.2 Å². The van der Waals surface area contributed by atoms with Gasteiger partial charge < -0.3 is 26.0 Å². The number of rotatable bonds is 6. The van der Waals surface area contributed by atoms with E-state index in [1.165, 1.54) is 33.7 Å². The van der Waals surface area contributed by atoms with E-state index in [1.807, 2.05) is 4.72 Å². The average Bonchev–Trinajstić information content (AvgIpc) is 2.98. The van der Waals surface area contributed by atoms with Gasteiger partial charge in [0.05, 0.1) is 11.3 Å². The molecule has 17 heteroatoms. The number of carbonyl (C=O) groups excluding carboxylic acids is 6. The monoisotopic (exact) mass is 697 g/mol. The van der Waals surface area contributed by atoms with E-state index in [4.69, 9.17) is 4.74 Å². The van der Waals surface area contributed by atoms with Gasteiger partial charge in [-0.25, -0.2) is 13.1 Å². The summed E-state index contributed by atoms with van der Waals surface area (Å²) in [6, 6.07) is 2.33. The van der Waals surface area contributed by atoms with E-state index in [0.717, 1.165) is 5.56 Å². The summed E-state index contributed by atoms with van der Waals surface area (Å²) in [6.07, 6.45) is 1.65. The van der Waals surface area contributed by atoms with Crippen molar-refractivity contribution in [3.8, 4) is 0 Å². The number of benzene rings is 1. The van der Waals surface area contributed by atoms with Gasteiger partial charge in [-0.1, -0.05) is 59.2 Å². The number of hydrogen-bond acceptors (Lipinski definition) is 11. The first-order chi connectivity index (χ1) is 21.7. The molecule has 1 aromatic rings. The number of amides is 5. The van der Waals surface area contributed by atoms with Crippen molar-refractivity contribution in [2.24, 2.45) is 5.92 Å². The van der Waals surface area contributed by atoms with E-state index in [1.54, 1.807) is 45.1 Å². The Morgan fingerprint density at radius 2 is 1.72 bits per heavy atom. The number of fused-ring (bicyclic) bond motifs is 7. The molecular weight excluding hydrogens is 659 g/mol. The highest BCUT2D eigenvalue weighted by Crippen LogP contribution is 2.24. The highest BCUT2D eigenvalue weighted by molar-refractivity contribution is 8.76. The smallest absolute Gasteiger partial charge is 0.326 e. The summed E-state index contributed by atoms with van der Waals surface area (Å²) in [7, 11) is -1.43. The van der Waals surface area contributed by atoms with Crippen molar-refractivity contribution in [3.05, 3.63) is 42.0 Å². The summed E-state index contributed by atoms with van der Waals surface area (Å²) >= 11 is 0. The summed E-state index contributed by atoms with van der Waals surface area (Å²) in [5.74, 6) is -4.17. The zero-order chi connectivity index (χ0) is 33.9. The third-order valence-corrected chi connectivity index (χ3v) is 10.7. The molecule has 14 nitrogen and oxygen atoms in total. The van der Waals surface area contributed by atoms with Crippen molar-refractivity contribution in [1.82, 2.24) is 26.0 Å². The highest BCUT2D eigenvalue weighted by atomic mass is 33.1. The fraction of sp³-hybridized carbons (Fsp3) is 0.517. The van der Waals surface area contributed by atoms with Gasteiger partial charge in [-0.15, -0.1) is 0 Å². The molecule has 0 unspecified atom stereocenters. The lowest BCUT2D eigenvalue weighted by atomic mass is 10.0. The molecule has 0 spiro atoms. The number of aryl methyl sites for hydroxylation is 1. The predicted molar refractivity (Wildman–Crippen MR) is 173 cm³/mol. The lowest BCUT2D eigenvalue weighted by Crippen LogP contribution is -2.59. The van der Waals surface area contributed by atoms with Gasteiger partial charge in [0, 0.05) is 17.9 Å². The average molecular weight is 698 g/mol. The zero-order valence-electron chi connectivity index (χ0n) is 25.7. The quantitative estimate of drug-likeness (QED) is 0.157. The van der Waals surface area contributed by atoms with Crippen LogP contribution in [0.2, 0.25) is 0 Å². The number of allylic oxidation sites excluding steroid dienone is 1. The Kier molecular flexibility index (Phi) is 13.9. The number of ether oxygens (including phenoxy) is 1. The lowest BCUT2D eigenvalue weighted by molar-refractivity contribution is -0.148. The first-order valence-electron chi connectivity index (χ1n) is 14.7. The van der Waals surface area contributed by atoms with E-state index in [2.05, 4.69) is 21.3 Å². The first-order valence-corrected chi connectivity index (χ1v) is 18.6. The van der Waals surface area contributed by atoms with E-state index in [-0.39, 0.29) is 29.4 Å². The Balaban J connectivity index is 1.88. The van der Waals surface area contributed by atoms with Crippen LogP contribution in [0.3, 0.4) is 0 Å². The summed E-state index contributed by atoms with van der Waals surface area (Å²) < 4.78 is 32.8. The fourth-order valence-corrected chi connectivity index (χ4v) is 7.54. The molecule has 0 saturated carbocycles. The Morgan fingerprint density at radius 1 is 1.00 bits per heavy atom. The molecule has 1 fully saturated rings. The van der Waals surface area contributed by atoms with Gasteiger partial charge in [0.2, 0.25) is 29.5 Å². The molecule has 0 aromatic heterocycles. The molecule has 0 aliphatic carbocycles. The molecule has 5 N–H and O–H groups in total. The first kappa shape index (κ1) is 36.9. The SMILES string of the molecule is Cc1ccc(S(=O)(=O)NC(=O)CC[C@H]2NC(=O)C[C@H]3/C=C/CCSSC[C@@H](NC2=O)C(=O)N[C@H](C(C)C)C(=O)NCC(=O)O3)cc1. The van der Waals surface area contributed by atoms with Crippen molar-refractivity contribution in [1.29, 1.82) is 0 Å². The lowest BCUT2D eigenvalue weighted by Gasteiger charge is -2.27. The summed E-state index contributed by atoms with van der Waals surface area (Å²) in [5, 5.41) is 10.3. The van der Waals surface area contributed by atoms with Gasteiger partial charge in [-0.3, -0.25) is 28.8 Å². The third kappa shape index (κ3) is 11.7. The van der Waals surface area contributed by atoms with Gasteiger partial charge in [0.1, 0.15) is 30.8 Å². The van der Waals surface area contributed by atoms with Crippen LogP contribution in [0, 0.1) is 12.8 Å². The fourth-order valence-electron chi connectivity index (χ4n) is 4.37. The van der Waals surface area contributed by atoms with Crippen LogP contribution in [0.4, 0.5) is 0 Å². The van der Waals surface area contributed by atoms with Crippen LogP contribution in [0.1, 0.15) is 45.1 Å². The maximum atomic E-state index is 13.5. The van der Waals surface area contributed by atoms with Crippen LogP contribution in [0.5, 0.6) is 0 Å². The molecule has 2 heterocycles. The summed E-state index contributed by atoms with van der Waals surface area (Å²) in [4.78, 5) is 78.2. The van der Waals surface area contributed by atoms with Gasteiger partial charge >= 0.3 is 5.97 Å². The molecule has 4 atom stereocenters. The maximum absolute atomic E-state index is 13.5. The molecule has 5 amide bonds. The van der Waals surface area contributed by atoms with Crippen molar-refractivity contribution in [3.63, 3.8) is 0 Å². The topological polar surface area (TPSA) is 206 Å². The minimum Gasteiger partial charge on any atom is -0.456 e. The predicted octanol–water partition coefficient (Wildman–Crippen LogP) is 0.464. The number of hydrogen-bond donors (Lipinski definition) is 5. The van der Waals surface area contributed by atoms with E-state index >= 15 is 0 Å². The minimum atomic E-state index is -4.19. The highest BCUT2D eigenvalue weighted by Gasteiger charge is 2.33. The van der Waals surface area contributed by atoms with Crippen LogP contribution in [-0.4, -0.2) is 86.2 Å².